The zero-order valence-corrected chi connectivity index (χ0v) is 12.5. The molecule has 1 aromatic carbocycles. The van der Waals surface area contributed by atoms with Crippen molar-refractivity contribution in [1.82, 2.24) is 4.72 Å². The summed E-state index contributed by atoms with van der Waals surface area (Å²) >= 11 is 0. The summed E-state index contributed by atoms with van der Waals surface area (Å²) in [6, 6.07) is 2.82. The van der Waals surface area contributed by atoms with E-state index in [0.717, 1.165) is 18.2 Å². The van der Waals surface area contributed by atoms with Crippen LogP contribution in [0.1, 0.15) is 26.7 Å². The van der Waals surface area contributed by atoms with Crippen LogP contribution in [-0.4, -0.2) is 30.6 Å². The number of nitrogens with one attached hydrogen (secondary N) is 1. The summed E-state index contributed by atoms with van der Waals surface area (Å²) < 4.78 is 39.7. The van der Waals surface area contributed by atoms with Crippen LogP contribution >= 0.6 is 0 Å². The van der Waals surface area contributed by atoms with Gasteiger partial charge in [-0.15, -0.1) is 0 Å². The molecule has 118 valence electrons. The predicted molar refractivity (Wildman–Crippen MR) is 73.8 cm³/mol. The highest BCUT2D eigenvalue weighted by molar-refractivity contribution is 7.89. The lowest BCUT2D eigenvalue weighted by molar-refractivity contribution is -0.390. The van der Waals surface area contributed by atoms with Gasteiger partial charge in [0.15, 0.2) is 4.90 Å². The van der Waals surface area contributed by atoms with Crippen LogP contribution in [0.2, 0.25) is 0 Å². The van der Waals surface area contributed by atoms with Crippen molar-refractivity contribution in [3.05, 3.63) is 34.1 Å². The average Bonchev–Trinajstić information content (AvgIpc) is 2.36. The summed E-state index contributed by atoms with van der Waals surface area (Å²) in [5.74, 6) is -1.23. The third kappa shape index (κ3) is 4.45. The van der Waals surface area contributed by atoms with E-state index < -0.39 is 36.9 Å². The number of nitro benzene ring substituents is 1. The molecule has 0 aromatic heterocycles. The van der Waals surface area contributed by atoms with Gasteiger partial charge in [-0.05, 0) is 25.5 Å². The second-order valence-electron chi connectivity index (χ2n) is 4.92. The van der Waals surface area contributed by atoms with Gasteiger partial charge in [0.05, 0.1) is 10.5 Å². The zero-order chi connectivity index (χ0) is 16.3. The van der Waals surface area contributed by atoms with Crippen LogP contribution in [0.25, 0.3) is 0 Å². The van der Waals surface area contributed by atoms with Crippen molar-refractivity contribution in [1.29, 1.82) is 0 Å². The van der Waals surface area contributed by atoms with E-state index in [2.05, 4.69) is 4.72 Å². The van der Waals surface area contributed by atoms with Gasteiger partial charge in [-0.25, -0.2) is 13.1 Å². The van der Waals surface area contributed by atoms with Crippen LogP contribution in [-0.2, 0) is 10.0 Å². The fourth-order valence-corrected chi connectivity index (χ4v) is 3.19. The lowest BCUT2D eigenvalue weighted by Gasteiger charge is -2.22. The first kappa shape index (κ1) is 17.5. The van der Waals surface area contributed by atoms with Gasteiger partial charge in [-0.3, -0.25) is 10.1 Å². The number of halogens is 1. The molecular formula is C12H17FN2O5S. The van der Waals surface area contributed by atoms with E-state index >= 15 is 0 Å². The number of hydrogen-bond acceptors (Lipinski definition) is 5. The first-order valence-corrected chi connectivity index (χ1v) is 7.74. The molecule has 9 heteroatoms. The monoisotopic (exact) mass is 320 g/mol. The molecule has 0 saturated carbocycles. The van der Waals surface area contributed by atoms with Crippen LogP contribution in [0.4, 0.5) is 10.1 Å². The molecule has 1 rings (SSSR count). The number of aliphatic hydroxyl groups is 1. The molecule has 0 heterocycles. The minimum absolute atomic E-state index is 0.323. The van der Waals surface area contributed by atoms with E-state index in [0.29, 0.717) is 12.8 Å². The third-order valence-electron chi connectivity index (χ3n) is 2.85. The Morgan fingerprint density at radius 1 is 1.48 bits per heavy atom. The molecule has 1 aromatic rings. The van der Waals surface area contributed by atoms with Gasteiger partial charge in [-0.1, -0.05) is 19.4 Å². The number of hydrogen-bond donors (Lipinski definition) is 2. The first-order chi connectivity index (χ1) is 9.60. The van der Waals surface area contributed by atoms with Crippen molar-refractivity contribution < 1.29 is 22.8 Å². The summed E-state index contributed by atoms with van der Waals surface area (Å²) in [6.07, 6.45) is 0.982. The Bertz CT molecular complexity index is 631. The van der Waals surface area contributed by atoms with Gasteiger partial charge < -0.3 is 5.11 Å². The first-order valence-electron chi connectivity index (χ1n) is 6.25. The molecule has 0 saturated heterocycles. The van der Waals surface area contributed by atoms with Gasteiger partial charge in [0, 0.05) is 6.54 Å². The molecular weight excluding hydrogens is 303 g/mol. The summed E-state index contributed by atoms with van der Waals surface area (Å²) in [7, 11) is -4.30. The van der Waals surface area contributed by atoms with Gasteiger partial charge in [0.2, 0.25) is 15.8 Å². The molecule has 0 aliphatic carbocycles. The van der Waals surface area contributed by atoms with E-state index in [1.54, 1.807) is 0 Å². The Hall–Kier alpha value is -1.58. The van der Waals surface area contributed by atoms with Crippen LogP contribution in [0.3, 0.4) is 0 Å². The van der Waals surface area contributed by atoms with E-state index in [-0.39, 0.29) is 6.54 Å². The molecule has 0 aliphatic rings. The van der Waals surface area contributed by atoms with Gasteiger partial charge >= 0.3 is 5.69 Å². The Morgan fingerprint density at radius 2 is 2.10 bits per heavy atom. The number of nitro groups is 1. The van der Waals surface area contributed by atoms with E-state index in [9.17, 15) is 28.0 Å². The fraction of sp³-hybridized carbons (Fsp3) is 0.500. The highest BCUT2D eigenvalue weighted by Gasteiger charge is 2.31. The maximum absolute atomic E-state index is 13.4. The summed E-state index contributed by atoms with van der Waals surface area (Å²) in [6.45, 7) is 2.94. The molecule has 1 unspecified atom stereocenters. The topological polar surface area (TPSA) is 110 Å². The molecule has 2 N–H and O–H groups in total. The highest BCUT2D eigenvalue weighted by atomic mass is 32.2. The third-order valence-corrected chi connectivity index (χ3v) is 4.29. The Morgan fingerprint density at radius 3 is 2.62 bits per heavy atom. The smallest absolute Gasteiger partial charge is 0.324 e. The second kappa shape index (κ2) is 6.46. The molecule has 21 heavy (non-hydrogen) atoms. The van der Waals surface area contributed by atoms with Gasteiger partial charge in [0.25, 0.3) is 0 Å². The van der Waals surface area contributed by atoms with Crippen LogP contribution in [0.15, 0.2) is 23.1 Å². The van der Waals surface area contributed by atoms with E-state index in [1.165, 1.54) is 6.92 Å². The van der Waals surface area contributed by atoms with Crippen molar-refractivity contribution >= 4 is 15.7 Å². The lowest BCUT2D eigenvalue weighted by atomic mass is 10.0. The molecule has 0 spiro atoms. The van der Waals surface area contributed by atoms with Crippen LogP contribution in [0, 0.1) is 15.9 Å². The lowest BCUT2D eigenvalue weighted by Crippen LogP contribution is -2.40. The van der Waals surface area contributed by atoms with E-state index in [1.807, 2.05) is 6.92 Å². The van der Waals surface area contributed by atoms with E-state index in [4.69, 9.17) is 0 Å². The normalized spacial score (nSPS) is 14.7. The SMILES string of the molecule is CCCC(C)(O)CNS(=O)(=O)c1cccc(F)c1[N+](=O)[O-]. The number of benzene rings is 1. The quantitative estimate of drug-likeness (QED) is 0.585. The van der Waals surface area contributed by atoms with Gasteiger partial charge in [-0.2, -0.15) is 4.39 Å². The number of nitrogens with zero attached hydrogens (tertiary/aromatic N) is 1. The standard InChI is InChI=1S/C12H17FN2O5S/c1-3-7-12(2,16)8-14-21(19,20)10-6-4-5-9(13)11(10)15(17)18/h4-6,14,16H,3,7-8H2,1-2H3. The number of sulfonamides is 1. The van der Waals surface area contributed by atoms with Crippen LogP contribution in [0.5, 0.6) is 0 Å². The Kier molecular flexibility index (Phi) is 5.37. The highest BCUT2D eigenvalue weighted by Crippen LogP contribution is 2.26. The number of rotatable bonds is 7. The van der Waals surface area contributed by atoms with Crippen molar-refractivity contribution in [3.8, 4) is 0 Å². The van der Waals surface area contributed by atoms with Crippen molar-refractivity contribution in [2.75, 3.05) is 6.54 Å². The molecule has 1 atom stereocenters. The maximum Gasteiger partial charge on any atom is 0.324 e. The minimum atomic E-state index is -4.30. The molecule has 7 nitrogen and oxygen atoms in total. The predicted octanol–water partition coefficient (Wildman–Crippen LogP) is 1.56. The Labute approximate surface area is 122 Å². The average molecular weight is 320 g/mol. The fourth-order valence-electron chi connectivity index (χ4n) is 1.84. The van der Waals surface area contributed by atoms with Crippen molar-refractivity contribution in [3.63, 3.8) is 0 Å². The second-order valence-corrected chi connectivity index (χ2v) is 6.65. The molecule has 0 fully saturated rings. The molecule has 0 radical (unpaired) electrons. The molecule has 0 bridgehead atoms. The number of para-hydroxylation sites is 1. The van der Waals surface area contributed by atoms with Gasteiger partial charge in [0.1, 0.15) is 0 Å². The van der Waals surface area contributed by atoms with Crippen LogP contribution < -0.4 is 4.72 Å². The van der Waals surface area contributed by atoms with Crippen molar-refractivity contribution in [2.24, 2.45) is 0 Å². The molecule has 0 aliphatic heterocycles. The molecule has 0 amide bonds. The zero-order valence-electron chi connectivity index (χ0n) is 11.7. The summed E-state index contributed by atoms with van der Waals surface area (Å²) in [5, 5.41) is 20.7. The Balaban J connectivity index is 3.10. The maximum atomic E-state index is 13.4. The minimum Gasteiger partial charge on any atom is -0.389 e. The summed E-state index contributed by atoms with van der Waals surface area (Å²) in [5.41, 5.74) is -2.40. The van der Waals surface area contributed by atoms with Crippen molar-refractivity contribution in [2.45, 2.75) is 37.2 Å². The summed E-state index contributed by atoms with van der Waals surface area (Å²) in [4.78, 5) is 8.96. The largest absolute Gasteiger partial charge is 0.389 e.